The Labute approximate surface area is 206 Å². The SMILES string of the molecule is Cc1c(NC(=O)c2ccc(OCC3CC3)cc2)ccc2cc(CNC3CCS(=O)(=O)CC3)cnc12. The molecule has 1 amide bonds. The van der Waals surface area contributed by atoms with Gasteiger partial charge in [-0.15, -0.1) is 0 Å². The molecule has 1 aromatic heterocycles. The fraction of sp³-hybridized carbons (Fsp3) is 0.407. The Bertz CT molecular complexity index is 1320. The van der Waals surface area contributed by atoms with Gasteiger partial charge in [0.05, 0.1) is 23.6 Å². The number of aryl methyl sites for hydroxylation is 1. The van der Waals surface area contributed by atoms with E-state index in [0.717, 1.165) is 40.1 Å². The smallest absolute Gasteiger partial charge is 0.255 e. The van der Waals surface area contributed by atoms with Crippen molar-refractivity contribution in [3.8, 4) is 5.75 Å². The van der Waals surface area contributed by atoms with Gasteiger partial charge in [-0.05, 0) is 86.1 Å². The van der Waals surface area contributed by atoms with Crippen LogP contribution in [0.15, 0.2) is 48.7 Å². The number of hydrogen-bond donors (Lipinski definition) is 2. The molecule has 2 heterocycles. The number of ether oxygens (including phenoxy) is 1. The molecule has 3 aromatic rings. The van der Waals surface area contributed by atoms with Crippen molar-refractivity contribution < 1.29 is 17.9 Å². The maximum atomic E-state index is 12.8. The standard InChI is InChI=1S/C27H31N3O4S/c1-18-25(30-27(31)21-4-7-24(8-5-21)34-17-19-2-3-19)9-6-22-14-20(16-29-26(18)22)15-28-23-10-12-35(32,33)13-11-23/h4-9,14,16,19,23,28H,2-3,10-13,15,17H2,1H3,(H,30,31). The van der Waals surface area contributed by atoms with Gasteiger partial charge in [-0.2, -0.15) is 0 Å². The summed E-state index contributed by atoms with van der Waals surface area (Å²) in [4.78, 5) is 17.5. The number of carbonyl (C=O) groups excluding carboxylic acids is 1. The van der Waals surface area contributed by atoms with Gasteiger partial charge in [0.2, 0.25) is 0 Å². The molecule has 2 aliphatic rings. The van der Waals surface area contributed by atoms with E-state index in [9.17, 15) is 13.2 Å². The number of carbonyl (C=O) groups is 1. The second-order valence-corrected chi connectivity index (χ2v) is 12.0. The normalized spacial score (nSPS) is 17.9. The zero-order valence-corrected chi connectivity index (χ0v) is 20.7. The lowest BCUT2D eigenvalue weighted by Gasteiger charge is -2.23. The van der Waals surface area contributed by atoms with Crippen LogP contribution in [0.2, 0.25) is 0 Å². The van der Waals surface area contributed by atoms with Crippen LogP contribution in [0, 0.1) is 12.8 Å². The molecule has 35 heavy (non-hydrogen) atoms. The molecule has 184 valence electrons. The average Bonchev–Trinajstić information content (AvgIpc) is 3.69. The fourth-order valence-corrected chi connectivity index (χ4v) is 5.87. The number of aromatic nitrogens is 1. The molecular weight excluding hydrogens is 462 g/mol. The zero-order valence-electron chi connectivity index (χ0n) is 19.9. The van der Waals surface area contributed by atoms with Crippen molar-refractivity contribution in [1.29, 1.82) is 0 Å². The van der Waals surface area contributed by atoms with Crippen molar-refractivity contribution in [3.05, 3.63) is 65.4 Å². The summed E-state index contributed by atoms with van der Waals surface area (Å²) in [6.45, 7) is 3.35. The molecule has 0 unspecified atom stereocenters. The van der Waals surface area contributed by atoms with E-state index in [0.29, 0.717) is 30.9 Å². The van der Waals surface area contributed by atoms with Gasteiger partial charge in [-0.1, -0.05) is 6.07 Å². The molecule has 7 nitrogen and oxygen atoms in total. The van der Waals surface area contributed by atoms with E-state index >= 15 is 0 Å². The number of anilines is 1. The second-order valence-electron chi connectivity index (χ2n) is 9.69. The van der Waals surface area contributed by atoms with Crippen LogP contribution in [0.3, 0.4) is 0 Å². The van der Waals surface area contributed by atoms with Crippen molar-refractivity contribution in [1.82, 2.24) is 10.3 Å². The lowest BCUT2D eigenvalue weighted by molar-refractivity contribution is 0.102. The van der Waals surface area contributed by atoms with E-state index in [2.05, 4.69) is 21.7 Å². The summed E-state index contributed by atoms with van der Waals surface area (Å²) in [7, 11) is -2.86. The highest BCUT2D eigenvalue weighted by Gasteiger charge is 2.23. The van der Waals surface area contributed by atoms with Gasteiger partial charge in [0.1, 0.15) is 15.6 Å². The maximum absolute atomic E-state index is 12.8. The molecule has 0 bridgehead atoms. The van der Waals surface area contributed by atoms with Gasteiger partial charge in [0, 0.05) is 35.4 Å². The Kier molecular flexibility index (Phi) is 6.75. The predicted molar refractivity (Wildman–Crippen MR) is 138 cm³/mol. The predicted octanol–water partition coefficient (Wildman–Crippen LogP) is 4.25. The molecular formula is C27H31N3O4S. The topological polar surface area (TPSA) is 97.4 Å². The number of pyridine rings is 1. The number of sulfone groups is 1. The van der Waals surface area contributed by atoms with Crippen LogP contribution >= 0.6 is 0 Å². The molecule has 2 aromatic carbocycles. The van der Waals surface area contributed by atoms with Crippen LogP contribution in [-0.2, 0) is 16.4 Å². The van der Waals surface area contributed by atoms with Crippen molar-refractivity contribution in [2.45, 2.75) is 45.2 Å². The molecule has 2 fully saturated rings. The van der Waals surface area contributed by atoms with E-state index in [1.54, 1.807) is 12.1 Å². The molecule has 1 saturated carbocycles. The number of nitrogens with one attached hydrogen (secondary N) is 2. The number of nitrogens with zero attached hydrogens (tertiary/aromatic N) is 1. The fourth-order valence-electron chi connectivity index (χ4n) is 4.38. The van der Waals surface area contributed by atoms with E-state index in [1.807, 2.05) is 37.4 Å². The number of fused-ring (bicyclic) bond motifs is 1. The lowest BCUT2D eigenvalue weighted by atomic mass is 10.1. The molecule has 0 atom stereocenters. The molecule has 8 heteroatoms. The maximum Gasteiger partial charge on any atom is 0.255 e. The largest absolute Gasteiger partial charge is 0.493 e. The highest BCUT2D eigenvalue weighted by Crippen LogP contribution is 2.30. The van der Waals surface area contributed by atoms with Crippen LogP contribution in [0.1, 0.15) is 47.2 Å². The first kappa shape index (κ1) is 23.8. The first-order valence-corrected chi connectivity index (χ1v) is 14.0. The van der Waals surface area contributed by atoms with Crippen LogP contribution in [-0.4, -0.2) is 43.5 Å². The van der Waals surface area contributed by atoms with E-state index < -0.39 is 9.84 Å². The minimum absolute atomic E-state index is 0.170. The highest BCUT2D eigenvalue weighted by molar-refractivity contribution is 7.91. The van der Waals surface area contributed by atoms with Gasteiger partial charge < -0.3 is 15.4 Å². The third-order valence-corrected chi connectivity index (χ3v) is 8.57. The molecule has 1 aliphatic carbocycles. The summed E-state index contributed by atoms with van der Waals surface area (Å²) in [6.07, 6.45) is 5.64. The minimum atomic E-state index is -2.86. The van der Waals surface area contributed by atoms with Crippen molar-refractivity contribution >= 4 is 32.3 Å². The van der Waals surface area contributed by atoms with E-state index in [4.69, 9.17) is 4.74 Å². The second kappa shape index (κ2) is 9.95. The third-order valence-electron chi connectivity index (χ3n) is 6.86. The number of amides is 1. The van der Waals surface area contributed by atoms with Crippen molar-refractivity contribution in [3.63, 3.8) is 0 Å². The minimum Gasteiger partial charge on any atom is -0.493 e. The van der Waals surface area contributed by atoms with Crippen molar-refractivity contribution in [2.75, 3.05) is 23.4 Å². The molecule has 2 N–H and O–H groups in total. The first-order valence-electron chi connectivity index (χ1n) is 12.2. The number of benzene rings is 2. The van der Waals surface area contributed by atoms with Gasteiger partial charge in [0.15, 0.2) is 0 Å². The molecule has 0 radical (unpaired) electrons. The Balaban J connectivity index is 1.21. The highest BCUT2D eigenvalue weighted by atomic mass is 32.2. The number of hydrogen-bond acceptors (Lipinski definition) is 6. The van der Waals surface area contributed by atoms with Crippen LogP contribution < -0.4 is 15.4 Å². The summed E-state index contributed by atoms with van der Waals surface area (Å²) in [5, 5.41) is 7.47. The Hall–Kier alpha value is -2.97. The summed E-state index contributed by atoms with van der Waals surface area (Å²) in [5.74, 6) is 1.82. The molecule has 5 rings (SSSR count). The molecule has 1 saturated heterocycles. The van der Waals surface area contributed by atoms with Crippen molar-refractivity contribution in [2.24, 2.45) is 5.92 Å². The Morgan fingerprint density at radius 2 is 1.80 bits per heavy atom. The van der Waals surface area contributed by atoms with Gasteiger partial charge >= 0.3 is 0 Å². The first-order chi connectivity index (χ1) is 16.9. The van der Waals surface area contributed by atoms with Crippen LogP contribution in [0.25, 0.3) is 10.9 Å². The monoisotopic (exact) mass is 493 g/mol. The Morgan fingerprint density at radius 3 is 2.51 bits per heavy atom. The summed E-state index contributed by atoms with van der Waals surface area (Å²) in [5.41, 5.74) is 4.12. The summed E-state index contributed by atoms with van der Waals surface area (Å²) in [6, 6.07) is 13.4. The van der Waals surface area contributed by atoms with Crippen LogP contribution in [0.5, 0.6) is 5.75 Å². The van der Waals surface area contributed by atoms with Gasteiger partial charge in [-0.3, -0.25) is 9.78 Å². The Morgan fingerprint density at radius 1 is 1.06 bits per heavy atom. The van der Waals surface area contributed by atoms with Gasteiger partial charge in [0.25, 0.3) is 5.91 Å². The zero-order chi connectivity index (χ0) is 24.4. The quantitative estimate of drug-likeness (QED) is 0.487. The third kappa shape index (κ3) is 6.00. The summed E-state index contributed by atoms with van der Waals surface area (Å²) >= 11 is 0. The van der Waals surface area contributed by atoms with Crippen LogP contribution in [0.4, 0.5) is 5.69 Å². The lowest BCUT2D eigenvalue weighted by Crippen LogP contribution is -2.37. The molecule has 0 spiro atoms. The van der Waals surface area contributed by atoms with Gasteiger partial charge in [-0.25, -0.2) is 8.42 Å². The van der Waals surface area contributed by atoms with E-state index in [1.165, 1.54) is 12.8 Å². The van der Waals surface area contributed by atoms with E-state index in [-0.39, 0.29) is 23.5 Å². The summed E-state index contributed by atoms with van der Waals surface area (Å²) < 4.78 is 29.0. The average molecular weight is 494 g/mol. The number of rotatable bonds is 8. The molecule has 1 aliphatic heterocycles.